The zero-order valence-electron chi connectivity index (χ0n) is 6.89. The van der Waals surface area contributed by atoms with Gasteiger partial charge < -0.3 is 5.32 Å². The lowest BCUT2D eigenvalue weighted by molar-refractivity contribution is -0.127. The van der Waals surface area contributed by atoms with Gasteiger partial charge in [-0.15, -0.1) is 0 Å². The minimum absolute atomic E-state index is 0.0130. The van der Waals surface area contributed by atoms with Crippen molar-refractivity contribution >= 4 is 11.7 Å². The molecular formula is C8H13NO2. The summed E-state index contributed by atoms with van der Waals surface area (Å²) in [5.41, 5.74) is 0. The first-order chi connectivity index (χ1) is 5.11. The van der Waals surface area contributed by atoms with Crippen LogP contribution in [0.4, 0.5) is 0 Å². The molecule has 0 radical (unpaired) electrons. The fourth-order valence-corrected chi connectivity index (χ4v) is 0.778. The molecule has 3 nitrogen and oxygen atoms in total. The third-order valence-corrected chi connectivity index (χ3v) is 1.92. The summed E-state index contributed by atoms with van der Waals surface area (Å²) >= 11 is 0. The Labute approximate surface area is 66.2 Å². The summed E-state index contributed by atoms with van der Waals surface area (Å²) in [6, 6.07) is -0.317. The minimum atomic E-state index is -0.317. The SMILES string of the molecule is CC(=O)C(C)NC(=O)C1CC1. The number of nitrogens with one attached hydrogen (secondary N) is 1. The van der Waals surface area contributed by atoms with E-state index in [1.165, 1.54) is 6.92 Å². The predicted molar refractivity (Wildman–Crippen MR) is 41.0 cm³/mol. The van der Waals surface area contributed by atoms with E-state index in [0.29, 0.717) is 0 Å². The maximum Gasteiger partial charge on any atom is 0.223 e. The molecule has 3 heteroatoms. The number of ketones is 1. The van der Waals surface area contributed by atoms with E-state index in [1.54, 1.807) is 6.92 Å². The summed E-state index contributed by atoms with van der Waals surface area (Å²) in [6.45, 7) is 3.19. The Bertz CT molecular complexity index is 185. The molecule has 0 saturated heterocycles. The van der Waals surface area contributed by atoms with E-state index < -0.39 is 0 Å². The van der Waals surface area contributed by atoms with Crippen molar-refractivity contribution < 1.29 is 9.59 Å². The summed E-state index contributed by atoms with van der Waals surface area (Å²) in [4.78, 5) is 21.8. The van der Waals surface area contributed by atoms with E-state index in [2.05, 4.69) is 5.32 Å². The highest BCUT2D eigenvalue weighted by Gasteiger charge is 2.30. The molecule has 1 saturated carbocycles. The first-order valence-electron chi connectivity index (χ1n) is 3.92. The number of amides is 1. The van der Waals surface area contributed by atoms with Crippen LogP contribution in [0.3, 0.4) is 0 Å². The lowest BCUT2D eigenvalue weighted by Crippen LogP contribution is -2.38. The van der Waals surface area contributed by atoms with Crippen molar-refractivity contribution in [2.45, 2.75) is 32.7 Å². The molecule has 1 rings (SSSR count). The highest BCUT2D eigenvalue weighted by molar-refractivity contribution is 5.88. The summed E-state index contributed by atoms with van der Waals surface area (Å²) in [5.74, 6) is 0.239. The molecule has 0 heterocycles. The van der Waals surface area contributed by atoms with E-state index in [0.717, 1.165) is 12.8 Å². The Morgan fingerprint density at radius 2 is 2.00 bits per heavy atom. The van der Waals surface area contributed by atoms with E-state index in [4.69, 9.17) is 0 Å². The van der Waals surface area contributed by atoms with Crippen molar-refractivity contribution in [1.82, 2.24) is 5.32 Å². The van der Waals surface area contributed by atoms with Crippen LogP contribution >= 0.6 is 0 Å². The van der Waals surface area contributed by atoms with Crippen LogP contribution in [0.5, 0.6) is 0 Å². The summed E-state index contributed by atoms with van der Waals surface area (Å²) in [7, 11) is 0. The second kappa shape index (κ2) is 3.03. The first-order valence-corrected chi connectivity index (χ1v) is 3.92. The van der Waals surface area contributed by atoms with Crippen LogP contribution in [0.15, 0.2) is 0 Å². The Hall–Kier alpha value is -0.860. The van der Waals surface area contributed by atoms with Gasteiger partial charge in [0.2, 0.25) is 5.91 Å². The number of carbonyl (C=O) groups is 2. The number of rotatable bonds is 3. The standard InChI is InChI=1S/C8H13NO2/c1-5(6(2)10)9-8(11)7-3-4-7/h5,7H,3-4H2,1-2H3,(H,9,11). The van der Waals surface area contributed by atoms with E-state index >= 15 is 0 Å². The lowest BCUT2D eigenvalue weighted by atomic mass is 10.2. The molecule has 1 aliphatic carbocycles. The fourth-order valence-electron chi connectivity index (χ4n) is 0.778. The van der Waals surface area contributed by atoms with Crippen molar-refractivity contribution in [2.24, 2.45) is 5.92 Å². The van der Waals surface area contributed by atoms with Crippen LogP contribution < -0.4 is 5.32 Å². The van der Waals surface area contributed by atoms with Gasteiger partial charge in [0.1, 0.15) is 0 Å². The van der Waals surface area contributed by atoms with Gasteiger partial charge in [-0.2, -0.15) is 0 Å². The number of Topliss-reactive ketones (excluding diaryl/α,β-unsaturated/α-hetero) is 1. The van der Waals surface area contributed by atoms with E-state index in [-0.39, 0.29) is 23.7 Å². The van der Waals surface area contributed by atoms with Crippen LogP contribution in [-0.4, -0.2) is 17.7 Å². The Morgan fingerprint density at radius 1 is 1.45 bits per heavy atom. The molecule has 1 aliphatic rings. The lowest BCUT2D eigenvalue weighted by Gasteiger charge is -2.08. The molecule has 0 spiro atoms. The highest BCUT2D eigenvalue weighted by atomic mass is 16.2. The topological polar surface area (TPSA) is 46.2 Å². The molecule has 1 atom stereocenters. The van der Waals surface area contributed by atoms with Gasteiger partial charge in [-0.05, 0) is 26.7 Å². The average Bonchev–Trinajstić information content (AvgIpc) is 2.67. The van der Waals surface area contributed by atoms with Crippen LogP contribution in [0.25, 0.3) is 0 Å². The normalized spacial score (nSPS) is 19.1. The van der Waals surface area contributed by atoms with E-state index in [1.807, 2.05) is 0 Å². The van der Waals surface area contributed by atoms with Crippen LogP contribution in [0.2, 0.25) is 0 Å². The van der Waals surface area contributed by atoms with Crippen LogP contribution in [0, 0.1) is 5.92 Å². The number of carbonyl (C=O) groups excluding carboxylic acids is 2. The van der Waals surface area contributed by atoms with Gasteiger partial charge in [0.15, 0.2) is 5.78 Å². The highest BCUT2D eigenvalue weighted by Crippen LogP contribution is 2.28. The largest absolute Gasteiger partial charge is 0.346 e. The second-order valence-electron chi connectivity index (χ2n) is 3.12. The molecule has 0 aliphatic heterocycles. The maximum atomic E-state index is 11.1. The fraction of sp³-hybridized carbons (Fsp3) is 0.750. The summed E-state index contributed by atoms with van der Waals surface area (Å²) in [5, 5.41) is 2.65. The monoisotopic (exact) mass is 155 g/mol. The van der Waals surface area contributed by atoms with Crippen LogP contribution in [0.1, 0.15) is 26.7 Å². The molecule has 1 fully saturated rings. The smallest absolute Gasteiger partial charge is 0.223 e. The second-order valence-corrected chi connectivity index (χ2v) is 3.12. The quantitative estimate of drug-likeness (QED) is 0.644. The van der Waals surface area contributed by atoms with E-state index in [9.17, 15) is 9.59 Å². The van der Waals surface area contributed by atoms with Crippen molar-refractivity contribution in [3.05, 3.63) is 0 Å². The molecule has 62 valence electrons. The molecule has 0 aromatic heterocycles. The van der Waals surface area contributed by atoms with Crippen molar-refractivity contribution in [3.8, 4) is 0 Å². The predicted octanol–water partition coefficient (Wildman–Crippen LogP) is 0.490. The molecule has 1 N–H and O–H groups in total. The minimum Gasteiger partial charge on any atom is -0.346 e. The third kappa shape index (κ3) is 2.33. The molecule has 1 amide bonds. The van der Waals surface area contributed by atoms with Gasteiger partial charge in [-0.25, -0.2) is 0 Å². The number of hydrogen-bond acceptors (Lipinski definition) is 2. The van der Waals surface area contributed by atoms with Gasteiger partial charge in [0, 0.05) is 5.92 Å². The maximum absolute atomic E-state index is 11.1. The zero-order chi connectivity index (χ0) is 8.43. The Kier molecular flexibility index (Phi) is 2.27. The zero-order valence-corrected chi connectivity index (χ0v) is 6.89. The molecular weight excluding hydrogens is 142 g/mol. The molecule has 0 bridgehead atoms. The van der Waals surface area contributed by atoms with Crippen molar-refractivity contribution in [3.63, 3.8) is 0 Å². The van der Waals surface area contributed by atoms with Crippen molar-refractivity contribution in [1.29, 1.82) is 0 Å². The third-order valence-electron chi connectivity index (χ3n) is 1.92. The molecule has 0 aromatic carbocycles. The first kappa shape index (κ1) is 8.24. The Balaban J connectivity index is 2.28. The van der Waals surface area contributed by atoms with Gasteiger partial charge in [-0.3, -0.25) is 9.59 Å². The van der Waals surface area contributed by atoms with Gasteiger partial charge in [0.05, 0.1) is 6.04 Å². The Morgan fingerprint density at radius 3 is 2.36 bits per heavy atom. The summed E-state index contributed by atoms with van der Waals surface area (Å²) < 4.78 is 0. The summed E-state index contributed by atoms with van der Waals surface area (Å²) in [6.07, 6.45) is 1.97. The van der Waals surface area contributed by atoms with Crippen LogP contribution in [-0.2, 0) is 9.59 Å². The van der Waals surface area contributed by atoms with Gasteiger partial charge in [0.25, 0.3) is 0 Å². The van der Waals surface area contributed by atoms with Crippen molar-refractivity contribution in [2.75, 3.05) is 0 Å². The number of hydrogen-bond donors (Lipinski definition) is 1. The van der Waals surface area contributed by atoms with Gasteiger partial charge >= 0.3 is 0 Å². The molecule has 1 unspecified atom stereocenters. The average molecular weight is 155 g/mol. The molecule has 0 aromatic rings. The molecule has 11 heavy (non-hydrogen) atoms. The van der Waals surface area contributed by atoms with Gasteiger partial charge in [-0.1, -0.05) is 0 Å².